The largest absolute Gasteiger partial charge is 0.494 e. The number of esters is 1. The monoisotopic (exact) mass is 497 g/mol. The van der Waals surface area contributed by atoms with Gasteiger partial charge in [-0.05, 0) is 91.9 Å². The van der Waals surface area contributed by atoms with E-state index < -0.39 is 0 Å². The minimum absolute atomic E-state index is 0.0504. The van der Waals surface area contributed by atoms with Crippen molar-refractivity contribution in [1.82, 2.24) is 5.32 Å². The van der Waals surface area contributed by atoms with Crippen molar-refractivity contribution in [2.24, 2.45) is 40.4 Å². The van der Waals surface area contributed by atoms with E-state index >= 15 is 0 Å². The predicted molar refractivity (Wildman–Crippen MR) is 141 cm³/mol. The fraction of sp³-hybridized carbons (Fsp3) is 0.806. The van der Waals surface area contributed by atoms with Gasteiger partial charge < -0.3 is 14.8 Å². The van der Waals surface area contributed by atoms with Crippen LogP contribution in [0.2, 0.25) is 0 Å². The fourth-order valence-electron chi connectivity index (χ4n) is 9.34. The van der Waals surface area contributed by atoms with Gasteiger partial charge >= 0.3 is 5.97 Å². The van der Waals surface area contributed by atoms with Gasteiger partial charge in [0.1, 0.15) is 12.2 Å². The van der Waals surface area contributed by atoms with E-state index in [0.717, 1.165) is 56.4 Å². The first-order valence-corrected chi connectivity index (χ1v) is 14.5. The maximum atomic E-state index is 11.5. The van der Waals surface area contributed by atoms with Crippen molar-refractivity contribution in [2.75, 3.05) is 6.54 Å². The SMILES string of the molecule is CC(=O)NC[C@H](C)CCC1=C(C)[C@H]2[C@@H](C[C@H]3[C@@H]4CC=C5C[C@H](OC(C)=O)CC[C@]5(C)[C@H]4CC[C@@]32C)O1. The minimum Gasteiger partial charge on any atom is -0.494 e. The van der Waals surface area contributed by atoms with E-state index in [2.05, 4.69) is 39.1 Å². The molecular weight excluding hydrogens is 450 g/mol. The van der Waals surface area contributed by atoms with Crippen LogP contribution in [-0.2, 0) is 19.1 Å². The standard InChI is InChI=1S/C31H47NO4/c1-18(17-32-20(3)33)7-10-27-19(2)29-28(36-27)16-26-24-9-8-22-15-23(35-21(4)34)11-13-30(22,5)25(24)12-14-31(26,29)6/h8,18,23-26,28-29H,7,9-17H2,1-6H3,(H,32,33)/t18-,23-,24-,25+,26+,28-,29+,30+,31+/m1/s1. The zero-order valence-corrected chi connectivity index (χ0v) is 23.3. The smallest absolute Gasteiger partial charge is 0.302 e. The van der Waals surface area contributed by atoms with Crippen molar-refractivity contribution in [3.8, 4) is 0 Å². The highest BCUT2D eigenvalue weighted by atomic mass is 16.5. The van der Waals surface area contributed by atoms with Gasteiger partial charge in [0.15, 0.2) is 0 Å². The average molecular weight is 498 g/mol. The number of fused-ring (bicyclic) bond motifs is 7. The van der Waals surface area contributed by atoms with Gasteiger partial charge in [-0.3, -0.25) is 9.59 Å². The summed E-state index contributed by atoms with van der Waals surface area (Å²) in [5.41, 5.74) is 3.66. The molecule has 36 heavy (non-hydrogen) atoms. The van der Waals surface area contributed by atoms with Gasteiger partial charge in [-0.15, -0.1) is 0 Å². The lowest BCUT2D eigenvalue weighted by molar-refractivity contribution is -0.148. The maximum absolute atomic E-state index is 11.5. The van der Waals surface area contributed by atoms with Crippen molar-refractivity contribution in [2.45, 2.75) is 112 Å². The molecule has 0 unspecified atom stereocenters. The molecule has 1 N–H and O–H groups in total. The van der Waals surface area contributed by atoms with Crippen molar-refractivity contribution in [3.63, 3.8) is 0 Å². The highest BCUT2D eigenvalue weighted by Gasteiger charge is 2.63. The zero-order valence-electron chi connectivity index (χ0n) is 23.3. The summed E-state index contributed by atoms with van der Waals surface area (Å²) in [5, 5.41) is 2.95. The van der Waals surface area contributed by atoms with Crippen LogP contribution in [0.3, 0.4) is 0 Å². The summed E-state index contributed by atoms with van der Waals surface area (Å²) >= 11 is 0. The Hall–Kier alpha value is -1.78. The highest BCUT2D eigenvalue weighted by molar-refractivity contribution is 5.72. The molecule has 5 heteroatoms. The van der Waals surface area contributed by atoms with E-state index in [1.807, 2.05) is 0 Å². The molecule has 0 bridgehead atoms. The Labute approximate surface area is 217 Å². The molecule has 0 spiro atoms. The van der Waals surface area contributed by atoms with Crippen LogP contribution in [0, 0.1) is 40.4 Å². The summed E-state index contributed by atoms with van der Waals surface area (Å²) < 4.78 is 12.3. The first kappa shape index (κ1) is 25.9. The Morgan fingerprint density at radius 2 is 1.97 bits per heavy atom. The molecular formula is C31H47NO4. The molecule has 0 aromatic rings. The van der Waals surface area contributed by atoms with E-state index in [1.165, 1.54) is 43.9 Å². The molecule has 0 radical (unpaired) electrons. The molecule has 5 aliphatic rings. The third kappa shape index (κ3) is 4.32. The van der Waals surface area contributed by atoms with E-state index in [4.69, 9.17) is 9.47 Å². The first-order chi connectivity index (χ1) is 17.0. The third-order valence-corrected chi connectivity index (χ3v) is 11.2. The van der Waals surface area contributed by atoms with Crippen molar-refractivity contribution < 1.29 is 19.1 Å². The summed E-state index contributed by atoms with van der Waals surface area (Å²) in [6.07, 6.45) is 13.0. The molecule has 5 rings (SSSR count). The lowest BCUT2D eigenvalue weighted by Gasteiger charge is -2.58. The summed E-state index contributed by atoms with van der Waals surface area (Å²) in [5.74, 6) is 4.37. The van der Waals surface area contributed by atoms with Gasteiger partial charge in [-0.25, -0.2) is 0 Å². The second-order valence-electron chi connectivity index (χ2n) is 13.3. The Balaban J connectivity index is 1.29. The van der Waals surface area contributed by atoms with Crippen LogP contribution in [0.4, 0.5) is 0 Å². The van der Waals surface area contributed by atoms with Crippen LogP contribution < -0.4 is 5.32 Å². The Bertz CT molecular complexity index is 968. The Morgan fingerprint density at radius 1 is 1.19 bits per heavy atom. The van der Waals surface area contributed by atoms with E-state index in [0.29, 0.717) is 23.4 Å². The molecule has 4 aliphatic carbocycles. The molecule has 0 saturated heterocycles. The summed E-state index contributed by atoms with van der Waals surface area (Å²) in [4.78, 5) is 22.8. The Morgan fingerprint density at radius 3 is 2.69 bits per heavy atom. The number of carbonyl (C=O) groups excluding carboxylic acids is 2. The topological polar surface area (TPSA) is 64.6 Å². The fourth-order valence-corrected chi connectivity index (χ4v) is 9.34. The molecule has 0 aromatic carbocycles. The van der Waals surface area contributed by atoms with Crippen molar-refractivity contribution in [3.05, 3.63) is 23.0 Å². The number of amides is 1. The number of hydrogen-bond acceptors (Lipinski definition) is 4. The molecule has 9 atom stereocenters. The minimum atomic E-state index is -0.145. The molecule has 1 aliphatic heterocycles. The Kier molecular flexibility index (Phi) is 6.83. The zero-order chi connectivity index (χ0) is 25.8. The number of rotatable bonds is 6. The van der Waals surface area contributed by atoms with Crippen LogP contribution in [0.15, 0.2) is 23.0 Å². The third-order valence-electron chi connectivity index (χ3n) is 11.2. The van der Waals surface area contributed by atoms with Crippen LogP contribution in [0.5, 0.6) is 0 Å². The molecule has 3 saturated carbocycles. The highest BCUT2D eigenvalue weighted by Crippen LogP contribution is 2.69. The molecule has 3 fully saturated rings. The van der Waals surface area contributed by atoms with Gasteiger partial charge in [-0.1, -0.05) is 32.4 Å². The first-order valence-electron chi connectivity index (χ1n) is 14.5. The van der Waals surface area contributed by atoms with E-state index in [9.17, 15) is 9.59 Å². The average Bonchev–Trinajstić information content (AvgIpc) is 3.29. The second-order valence-corrected chi connectivity index (χ2v) is 13.3. The predicted octanol–water partition coefficient (Wildman–Crippen LogP) is 6.33. The van der Waals surface area contributed by atoms with Crippen LogP contribution in [-0.4, -0.2) is 30.6 Å². The van der Waals surface area contributed by atoms with Gasteiger partial charge in [0.25, 0.3) is 0 Å². The normalized spacial score (nSPS) is 41.8. The van der Waals surface area contributed by atoms with Gasteiger partial charge in [0.2, 0.25) is 5.91 Å². The van der Waals surface area contributed by atoms with Crippen molar-refractivity contribution in [1.29, 1.82) is 0 Å². The van der Waals surface area contributed by atoms with Crippen LogP contribution in [0.1, 0.15) is 99.3 Å². The number of allylic oxidation sites excluding steroid dienone is 2. The molecule has 1 amide bonds. The molecule has 200 valence electrons. The number of hydrogen-bond donors (Lipinski definition) is 1. The van der Waals surface area contributed by atoms with Gasteiger partial charge in [0.05, 0.1) is 5.76 Å². The summed E-state index contributed by atoms with van der Waals surface area (Å²) in [7, 11) is 0. The van der Waals surface area contributed by atoms with E-state index in [1.54, 1.807) is 12.5 Å². The maximum Gasteiger partial charge on any atom is 0.302 e. The van der Waals surface area contributed by atoms with Crippen LogP contribution in [0.25, 0.3) is 0 Å². The van der Waals surface area contributed by atoms with Crippen LogP contribution >= 0.6 is 0 Å². The summed E-state index contributed by atoms with van der Waals surface area (Å²) in [6.45, 7) is 13.5. The lowest BCUT2D eigenvalue weighted by Crippen LogP contribution is -2.50. The molecule has 0 aromatic heterocycles. The number of nitrogens with one attached hydrogen (secondary N) is 1. The second kappa shape index (κ2) is 9.51. The lowest BCUT2D eigenvalue weighted by atomic mass is 9.47. The number of carbonyl (C=O) groups is 2. The molecule has 5 nitrogen and oxygen atoms in total. The van der Waals surface area contributed by atoms with Crippen molar-refractivity contribution >= 4 is 11.9 Å². The molecule has 1 heterocycles. The number of ether oxygens (including phenoxy) is 2. The van der Waals surface area contributed by atoms with Gasteiger partial charge in [0, 0.05) is 39.2 Å². The van der Waals surface area contributed by atoms with E-state index in [-0.39, 0.29) is 23.4 Å². The van der Waals surface area contributed by atoms with Gasteiger partial charge in [-0.2, -0.15) is 0 Å². The summed E-state index contributed by atoms with van der Waals surface area (Å²) in [6, 6.07) is 0. The quantitative estimate of drug-likeness (QED) is 0.344.